The number of nitrogens with two attached hydrogens (primary N) is 1. The highest BCUT2D eigenvalue weighted by atomic mass is 35.5. The zero-order valence-electron chi connectivity index (χ0n) is 8.94. The number of rotatable bonds is 4. The van der Waals surface area contributed by atoms with Gasteiger partial charge in [-0.25, -0.2) is 13.4 Å². The summed E-state index contributed by atoms with van der Waals surface area (Å²) in [6.45, 7) is 1.72. The second-order valence-corrected chi connectivity index (χ2v) is 6.10. The molecule has 1 heterocycles. The van der Waals surface area contributed by atoms with Crippen molar-refractivity contribution in [3.63, 3.8) is 0 Å². The van der Waals surface area contributed by atoms with Crippen molar-refractivity contribution in [2.45, 2.75) is 13.0 Å². The fraction of sp³-hybridized carbons (Fsp3) is 0.500. The molecule has 6 nitrogen and oxygen atoms in total. The molecule has 0 bridgehead atoms. The molecular weight excluding hydrogens is 252 g/mol. The van der Waals surface area contributed by atoms with Gasteiger partial charge in [-0.3, -0.25) is 0 Å². The molecule has 0 radical (unpaired) electrons. The molecular formula is C8H13ClN4O2S. The number of sulfone groups is 1. The maximum absolute atomic E-state index is 11.1. The van der Waals surface area contributed by atoms with E-state index in [1.807, 2.05) is 0 Å². The maximum atomic E-state index is 11.1. The molecule has 1 aromatic heterocycles. The molecule has 0 saturated carbocycles. The Hall–Kier alpha value is -1.08. The fourth-order valence-electron chi connectivity index (χ4n) is 1.21. The third-order valence-electron chi connectivity index (χ3n) is 1.72. The van der Waals surface area contributed by atoms with Crippen molar-refractivity contribution in [3.05, 3.63) is 11.5 Å². The van der Waals surface area contributed by atoms with Gasteiger partial charge in [-0.05, 0) is 18.5 Å². The first-order chi connectivity index (χ1) is 7.28. The summed E-state index contributed by atoms with van der Waals surface area (Å²) in [7, 11) is -3.05. The van der Waals surface area contributed by atoms with Crippen molar-refractivity contribution in [2.75, 3.05) is 23.1 Å². The number of halogens is 1. The minimum atomic E-state index is -3.05. The quantitative estimate of drug-likeness (QED) is 0.771. The fourth-order valence-corrected chi connectivity index (χ4v) is 2.34. The molecule has 8 heteroatoms. The summed E-state index contributed by atoms with van der Waals surface area (Å²) in [5, 5.41) is 2.93. The Balaban J connectivity index is 2.77. The van der Waals surface area contributed by atoms with E-state index in [1.54, 1.807) is 6.92 Å². The molecule has 0 fully saturated rings. The topological polar surface area (TPSA) is 98.0 Å². The van der Waals surface area contributed by atoms with Gasteiger partial charge in [0.05, 0.1) is 17.6 Å². The Morgan fingerprint density at radius 1 is 1.62 bits per heavy atom. The van der Waals surface area contributed by atoms with E-state index in [4.69, 9.17) is 17.3 Å². The van der Waals surface area contributed by atoms with Crippen LogP contribution in [0.2, 0.25) is 5.28 Å². The van der Waals surface area contributed by atoms with E-state index in [1.165, 1.54) is 12.5 Å². The summed E-state index contributed by atoms with van der Waals surface area (Å²) < 4.78 is 22.1. The van der Waals surface area contributed by atoms with Crippen molar-refractivity contribution >= 4 is 32.9 Å². The largest absolute Gasteiger partial charge is 0.394 e. The first-order valence-electron chi connectivity index (χ1n) is 4.50. The smallest absolute Gasteiger partial charge is 0.224 e. The lowest BCUT2D eigenvalue weighted by Gasteiger charge is -2.14. The van der Waals surface area contributed by atoms with Crippen LogP contribution in [0.25, 0.3) is 0 Å². The predicted octanol–water partition coefficient (Wildman–Crippen LogP) is 0.557. The Labute approximate surface area is 99.1 Å². The summed E-state index contributed by atoms with van der Waals surface area (Å²) in [4.78, 5) is 7.56. The molecule has 0 aliphatic carbocycles. The second-order valence-electron chi connectivity index (χ2n) is 3.58. The molecule has 16 heavy (non-hydrogen) atoms. The minimum absolute atomic E-state index is 0.00589. The average Bonchev–Trinajstić information content (AvgIpc) is 2.08. The van der Waals surface area contributed by atoms with Crippen LogP contribution in [0.5, 0.6) is 0 Å². The van der Waals surface area contributed by atoms with Gasteiger partial charge in [-0.15, -0.1) is 0 Å². The molecule has 1 rings (SSSR count). The lowest BCUT2D eigenvalue weighted by molar-refractivity contribution is 0.598. The van der Waals surface area contributed by atoms with Gasteiger partial charge in [-0.2, -0.15) is 4.98 Å². The lowest BCUT2D eigenvalue weighted by atomic mass is 10.3. The Morgan fingerprint density at radius 3 is 2.81 bits per heavy atom. The van der Waals surface area contributed by atoms with E-state index in [0.29, 0.717) is 11.5 Å². The van der Waals surface area contributed by atoms with Crippen LogP contribution in [-0.2, 0) is 9.84 Å². The Morgan fingerprint density at radius 2 is 2.25 bits per heavy atom. The summed E-state index contributed by atoms with van der Waals surface area (Å²) in [6, 6.07) is -0.303. The van der Waals surface area contributed by atoms with Crippen LogP contribution in [0.3, 0.4) is 0 Å². The van der Waals surface area contributed by atoms with Crippen molar-refractivity contribution in [2.24, 2.45) is 0 Å². The summed E-state index contributed by atoms with van der Waals surface area (Å²) >= 11 is 5.60. The maximum Gasteiger partial charge on any atom is 0.224 e. The normalized spacial score (nSPS) is 13.4. The summed E-state index contributed by atoms with van der Waals surface area (Å²) in [5.41, 5.74) is 5.93. The number of nitrogens with one attached hydrogen (secondary N) is 1. The number of aromatic nitrogens is 2. The van der Waals surface area contributed by atoms with Crippen LogP contribution in [0.4, 0.5) is 11.5 Å². The third-order valence-corrected chi connectivity index (χ3v) is 3.01. The van der Waals surface area contributed by atoms with Crippen LogP contribution in [0.1, 0.15) is 6.92 Å². The van der Waals surface area contributed by atoms with Crippen LogP contribution < -0.4 is 11.1 Å². The number of anilines is 2. The van der Waals surface area contributed by atoms with Crippen molar-refractivity contribution in [3.8, 4) is 0 Å². The molecule has 3 N–H and O–H groups in total. The molecule has 0 amide bonds. The highest BCUT2D eigenvalue weighted by Gasteiger charge is 2.12. The molecule has 0 aliphatic heterocycles. The van der Waals surface area contributed by atoms with Gasteiger partial charge < -0.3 is 11.1 Å². The number of hydrogen-bond acceptors (Lipinski definition) is 6. The standard InChI is InChI=1S/C8H13ClN4O2S/c1-5(4-16(2,14)15)12-7-6(10)3-11-8(9)13-7/h3,5H,4,10H2,1-2H3,(H,11,12,13). The third kappa shape index (κ3) is 4.19. The van der Waals surface area contributed by atoms with E-state index in [9.17, 15) is 8.42 Å². The average molecular weight is 265 g/mol. The van der Waals surface area contributed by atoms with E-state index in [2.05, 4.69) is 15.3 Å². The zero-order chi connectivity index (χ0) is 12.3. The molecule has 0 spiro atoms. The summed E-state index contributed by atoms with van der Waals surface area (Å²) in [6.07, 6.45) is 2.53. The monoisotopic (exact) mass is 264 g/mol. The number of nitrogens with zero attached hydrogens (tertiary/aromatic N) is 2. The van der Waals surface area contributed by atoms with Gasteiger partial charge in [-0.1, -0.05) is 0 Å². The molecule has 0 saturated heterocycles. The van der Waals surface area contributed by atoms with Crippen molar-refractivity contribution in [1.29, 1.82) is 0 Å². The van der Waals surface area contributed by atoms with Crippen LogP contribution >= 0.6 is 11.6 Å². The predicted molar refractivity (Wildman–Crippen MR) is 64.2 cm³/mol. The highest BCUT2D eigenvalue weighted by molar-refractivity contribution is 7.90. The van der Waals surface area contributed by atoms with Crippen molar-refractivity contribution < 1.29 is 8.42 Å². The summed E-state index contributed by atoms with van der Waals surface area (Å²) in [5.74, 6) is 0.338. The molecule has 1 unspecified atom stereocenters. The van der Waals surface area contributed by atoms with Gasteiger partial charge in [0.2, 0.25) is 5.28 Å². The minimum Gasteiger partial charge on any atom is -0.394 e. The molecule has 1 atom stereocenters. The van der Waals surface area contributed by atoms with Gasteiger partial charge in [0.1, 0.15) is 9.84 Å². The van der Waals surface area contributed by atoms with E-state index in [-0.39, 0.29) is 17.1 Å². The number of nitrogen functional groups attached to an aromatic ring is 1. The Bertz CT molecular complexity index is 477. The molecule has 0 aliphatic rings. The highest BCUT2D eigenvalue weighted by Crippen LogP contribution is 2.16. The second kappa shape index (κ2) is 4.84. The van der Waals surface area contributed by atoms with Gasteiger partial charge in [0.15, 0.2) is 5.82 Å². The first kappa shape index (κ1) is 13.0. The van der Waals surface area contributed by atoms with Gasteiger partial charge in [0, 0.05) is 12.3 Å². The molecule has 90 valence electrons. The van der Waals surface area contributed by atoms with E-state index >= 15 is 0 Å². The van der Waals surface area contributed by atoms with Crippen molar-refractivity contribution in [1.82, 2.24) is 9.97 Å². The SMILES string of the molecule is CC(CS(C)(=O)=O)Nc1nc(Cl)ncc1N. The van der Waals surface area contributed by atoms with Gasteiger partial charge in [0.25, 0.3) is 0 Å². The van der Waals surface area contributed by atoms with Gasteiger partial charge >= 0.3 is 0 Å². The van der Waals surface area contributed by atoms with Crippen LogP contribution in [0.15, 0.2) is 6.20 Å². The Kier molecular flexibility index (Phi) is 3.93. The molecule has 1 aromatic rings. The van der Waals surface area contributed by atoms with Crippen LogP contribution in [-0.4, -0.2) is 36.4 Å². The first-order valence-corrected chi connectivity index (χ1v) is 6.94. The van der Waals surface area contributed by atoms with E-state index < -0.39 is 9.84 Å². The lowest BCUT2D eigenvalue weighted by Crippen LogP contribution is -2.26. The number of hydrogen-bond donors (Lipinski definition) is 2. The molecule has 0 aromatic carbocycles. The van der Waals surface area contributed by atoms with E-state index in [0.717, 1.165) is 0 Å². The zero-order valence-corrected chi connectivity index (χ0v) is 10.5. The van der Waals surface area contributed by atoms with Crippen LogP contribution in [0, 0.1) is 0 Å².